The van der Waals surface area contributed by atoms with Crippen LogP contribution in [-0.4, -0.2) is 37.5 Å². The van der Waals surface area contributed by atoms with E-state index in [1.807, 2.05) is 24.3 Å². The molecule has 1 heterocycles. The van der Waals surface area contributed by atoms with Gasteiger partial charge in [0.2, 0.25) is 5.91 Å². The Labute approximate surface area is 138 Å². The van der Waals surface area contributed by atoms with Crippen LogP contribution >= 0.6 is 11.8 Å². The second-order valence-electron chi connectivity index (χ2n) is 4.85. The number of carboxylic acids is 1. The van der Waals surface area contributed by atoms with Crippen molar-refractivity contribution in [3.8, 4) is 0 Å². The van der Waals surface area contributed by atoms with Gasteiger partial charge in [-0.2, -0.15) is 16.9 Å². The highest BCUT2D eigenvalue weighted by Gasteiger charge is 2.04. The number of carboxylic acid groups (broad SMARTS) is 1. The van der Waals surface area contributed by atoms with Crippen LogP contribution < -0.4 is 5.32 Å². The van der Waals surface area contributed by atoms with Crippen molar-refractivity contribution in [2.75, 3.05) is 11.1 Å². The summed E-state index contributed by atoms with van der Waals surface area (Å²) in [6.07, 6.45) is 3.48. The van der Waals surface area contributed by atoms with E-state index in [0.29, 0.717) is 18.7 Å². The van der Waals surface area contributed by atoms with Crippen molar-refractivity contribution in [1.82, 2.24) is 14.8 Å². The zero-order valence-corrected chi connectivity index (χ0v) is 13.3. The molecule has 0 saturated heterocycles. The largest absolute Gasteiger partial charge is 0.481 e. The number of aromatic nitrogens is 3. The molecule has 0 radical (unpaired) electrons. The van der Waals surface area contributed by atoms with Crippen LogP contribution in [-0.2, 0) is 21.9 Å². The van der Waals surface area contributed by atoms with Crippen molar-refractivity contribution in [1.29, 1.82) is 0 Å². The van der Waals surface area contributed by atoms with E-state index in [9.17, 15) is 9.59 Å². The van der Waals surface area contributed by atoms with Crippen LogP contribution in [0.15, 0.2) is 36.9 Å². The van der Waals surface area contributed by atoms with Gasteiger partial charge in [0.15, 0.2) is 0 Å². The smallest absolute Gasteiger partial charge is 0.304 e. The molecule has 1 aromatic heterocycles. The number of carbonyl (C=O) groups is 2. The van der Waals surface area contributed by atoms with Crippen molar-refractivity contribution in [2.24, 2.45) is 0 Å². The summed E-state index contributed by atoms with van der Waals surface area (Å²) >= 11 is 1.56. The van der Waals surface area contributed by atoms with Crippen LogP contribution in [0.5, 0.6) is 0 Å². The molecule has 122 valence electrons. The maximum Gasteiger partial charge on any atom is 0.304 e. The summed E-state index contributed by atoms with van der Waals surface area (Å²) in [4.78, 5) is 26.2. The summed E-state index contributed by atoms with van der Waals surface area (Å²) in [6, 6.07) is 7.57. The molecule has 0 atom stereocenters. The van der Waals surface area contributed by atoms with Crippen molar-refractivity contribution in [3.63, 3.8) is 0 Å². The highest BCUT2D eigenvalue weighted by Crippen LogP contribution is 2.17. The predicted molar refractivity (Wildman–Crippen MR) is 88.1 cm³/mol. The molecular weight excluding hydrogens is 316 g/mol. The molecule has 0 spiro atoms. The Morgan fingerprint density at radius 2 is 2.17 bits per heavy atom. The summed E-state index contributed by atoms with van der Waals surface area (Å²) in [7, 11) is 0. The van der Waals surface area contributed by atoms with E-state index >= 15 is 0 Å². The number of rotatable bonds is 9. The number of benzene rings is 1. The van der Waals surface area contributed by atoms with E-state index in [1.165, 1.54) is 6.33 Å². The summed E-state index contributed by atoms with van der Waals surface area (Å²) in [6.45, 7) is 0.483. The molecule has 0 aliphatic rings. The van der Waals surface area contributed by atoms with Gasteiger partial charge in [0.1, 0.15) is 12.7 Å². The van der Waals surface area contributed by atoms with E-state index < -0.39 is 5.97 Å². The van der Waals surface area contributed by atoms with Crippen LogP contribution in [0.25, 0.3) is 0 Å². The topological polar surface area (TPSA) is 97.1 Å². The number of carbonyl (C=O) groups excluding carboxylic acids is 1. The molecule has 0 bridgehead atoms. The van der Waals surface area contributed by atoms with E-state index in [4.69, 9.17) is 5.11 Å². The van der Waals surface area contributed by atoms with Gasteiger partial charge >= 0.3 is 5.97 Å². The molecule has 2 rings (SSSR count). The van der Waals surface area contributed by atoms with Gasteiger partial charge < -0.3 is 10.4 Å². The van der Waals surface area contributed by atoms with E-state index in [-0.39, 0.29) is 12.3 Å². The zero-order chi connectivity index (χ0) is 16.5. The van der Waals surface area contributed by atoms with Gasteiger partial charge in [-0.3, -0.25) is 14.3 Å². The van der Waals surface area contributed by atoms with Gasteiger partial charge in [0.25, 0.3) is 0 Å². The highest BCUT2D eigenvalue weighted by molar-refractivity contribution is 7.98. The molecular formula is C15H18N4O3S. The highest BCUT2D eigenvalue weighted by atomic mass is 32.2. The van der Waals surface area contributed by atoms with Gasteiger partial charge in [-0.25, -0.2) is 4.98 Å². The molecule has 1 amide bonds. The third kappa shape index (κ3) is 6.52. The quantitative estimate of drug-likeness (QED) is 0.681. The minimum atomic E-state index is -0.786. The molecule has 2 N–H and O–H groups in total. The molecule has 7 nitrogen and oxygen atoms in total. The third-order valence-corrected chi connectivity index (χ3v) is 4.00. The number of aryl methyl sites for hydroxylation is 1. The molecule has 0 unspecified atom stereocenters. The molecule has 23 heavy (non-hydrogen) atoms. The average molecular weight is 334 g/mol. The zero-order valence-electron chi connectivity index (χ0n) is 12.5. The Bertz CT molecular complexity index is 646. The second-order valence-corrected chi connectivity index (χ2v) is 5.96. The minimum Gasteiger partial charge on any atom is -0.481 e. The number of aliphatic carboxylic acids is 1. The van der Waals surface area contributed by atoms with Gasteiger partial charge in [-0.05, 0) is 17.7 Å². The molecule has 0 aliphatic carbocycles. The standard InChI is InChI=1S/C15H18N4O3S/c20-14(4-6-19-11-16-10-17-19)18-13-3-1-2-12(8-13)9-23-7-5-15(21)22/h1-3,8,10-11H,4-7,9H2,(H,18,20)(H,21,22). The maximum atomic E-state index is 11.9. The van der Waals surface area contributed by atoms with Gasteiger partial charge in [-0.1, -0.05) is 12.1 Å². The number of nitrogens with zero attached hydrogens (tertiary/aromatic N) is 3. The third-order valence-electron chi connectivity index (χ3n) is 2.97. The molecule has 0 saturated carbocycles. The van der Waals surface area contributed by atoms with Crippen molar-refractivity contribution < 1.29 is 14.7 Å². The van der Waals surface area contributed by atoms with Crippen LogP contribution in [0.3, 0.4) is 0 Å². The normalized spacial score (nSPS) is 10.4. The molecule has 8 heteroatoms. The average Bonchev–Trinajstić information content (AvgIpc) is 3.03. The predicted octanol–water partition coefficient (Wildman–Crippen LogP) is 2.01. The Morgan fingerprint density at radius 3 is 2.91 bits per heavy atom. The molecule has 0 aliphatic heterocycles. The van der Waals surface area contributed by atoms with Crippen molar-refractivity contribution >= 4 is 29.3 Å². The van der Waals surface area contributed by atoms with Crippen LogP contribution in [0.4, 0.5) is 5.69 Å². The fourth-order valence-electron chi connectivity index (χ4n) is 1.88. The van der Waals surface area contributed by atoms with E-state index in [2.05, 4.69) is 15.4 Å². The first kappa shape index (κ1) is 17.0. The van der Waals surface area contributed by atoms with Crippen LogP contribution in [0, 0.1) is 0 Å². The Balaban J connectivity index is 1.77. The first-order valence-electron chi connectivity index (χ1n) is 7.14. The second kappa shape index (κ2) is 8.94. The summed E-state index contributed by atoms with van der Waals surface area (Å²) < 4.78 is 1.61. The first-order valence-corrected chi connectivity index (χ1v) is 8.29. The Kier molecular flexibility index (Phi) is 6.61. The lowest BCUT2D eigenvalue weighted by Gasteiger charge is -2.07. The molecule has 2 aromatic rings. The van der Waals surface area contributed by atoms with Gasteiger partial charge in [-0.15, -0.1) is 0 Å². The number of thioether (sulfide) groups is 1. The lowest BCUT2D eigenvalue weighted by atomic mass is 10.2. The molecule has 1 aromatic carbocycles. The van der Waals surface area contributed by atoms with Crippen LogP contribution in [0.2, 0.25) is 0 Å². The number of anilines is 1. The first-order chi connectivity index (χ1) is 11.1. The number of hydrogen-bond donors (Lipinski definition) is 2. The van der Waals surface area contributed by atoms with Gasteiger partial charge in [0, 0.05) is 23.6 Å². The fraction of sp³-hybridized carbons (Fsp3) is 0.333. The van der Waals surface area contributed by atoms with E-state index in [0.717, 1.165) is 17.0 Å². The Morgan fingerprint density at radius 1 is 1.30 bits per heavy atom. The van der Waals surface area contributed by atoms with Crippen molar-refractivity contribution in [2.45, 2.75) is 25.1 Å². The lowest BCUT2D eigenvalue weighted by molar-refractivity contribution is -0.136. The molecule has 0 fully saturated rings. The summed E-state index contributed by atoms with van der Waals surface area (Å²) in [5, 5.41) is 15.4. The lowest BCUT2D eigenvalue weighted by Crippen LogP contribution is -2.14. The number of amides is 1. The SMILES string of the molecule is O=C(O)CCSCc1cccc(NC(=O)CCn2cncn2)c1. The monoisotopic (exact) mass is 334 g/mol. The number of hydrogen-bond acceptors (Lipinski definition) is 5. The maximum absolute atomic E-state index is 11.9. The fourth-order valence-corrected chi connectivity index (χ4v) is 2.75. The Hall–Kier alpha value is -2.35. The minimum absolute atomic E-state index is 0.0869. The van der Waals surface area contributed by atoms with Gasteiger partial charge in [0.05, 0.1) is 13.0 Å². The summed E-state index contributed by atoms with van der Waals surface area (Å²) in [5.74, 6) is 0.418. The van der Waals surface area contributed by atoms with Crippen molar-refractivity contribution in [3.05, 3.63) is 42.5 Å². The van der Waals surface area contributed by atoms with Crippen LogP contribution in [0.1, 0.15) is 18.4 Å². The number of nitrogens with one attached hydrogen (secondary N) is 1. The van der Waals surface area contributed by atoms with E-state index in [1.54, 1.807) is 22.8 Å². The summed E-state index contributed by atoms with van der Waals surface area (Å²) in [5.41, 5.74) is 1.79.